The van der Waals surface area contributed by atoms with Crippen LogP contribution >= 0.6 is 0 Å². The number of nitrogens with one attached hydrogen (secondary N) is 2. The molecule has 0 radical (unpaired) electrons. The number of hydrogen-bond acceptors (Lipinski definition) is 5. The lowest BCUT2D eigenvalue weighted by molar-refractivity contribution is -0.137. The van der Waals surface area contributed by atoms with Gasteiger partial charge in [-0.05, 0) is 73.5 Å². The van der Waals surface area contributed by atoms with E-state index in [9.17, 15) is 27.6 Å². The van der Waals surface area contributed by atoms with Gasteiger partial charge in [-0.3, -0.25) is 9.59 Å². The molecule has 0 fully saturated rings. The highest BCUT2D eigenvalue weighted by Crippen LogP contribution is 2.30. The zero-order chi connectivity index (χ0) is 27.0. The second kappa shape index (κ2) is 12.1. The number of benzene rings is 3. The molecule has 3 aromatic rings. The molecule has 194 valence electrons. The minimum Gasteiger partial charge on any atom is -0.484 e. The number of ether oxygens (including phenoxy) is 2. The predicted molar refractivity (Wildman–Crippen MR) is 131 cm³/mol. The highest BCUT2D eigenvalue weighted by atomic mass is 19.4. The van der Waals surface area contributed by atoms with E-state index in [-0.39, 0.29) is 17.0 Å². The number of amides is 2. The Morgan fingerprint density at radius 3 is 2.19 bits per heavy atom. The fourth-order valence-electron chi connectivity index (χ4n) is 3.16. The minimum atomic E-state index is -4.53. The molecule has 0 unspecified atom stereocenters. The molecule has 0 bridgehead atoms. The van der Waals surface area contributed by atoms with E-state index in [2.05, 4.69) is 10.6 Å². The van der Waals surface area contributed by atoms with Gasteiger partial charge < -0.3 is 20.1 Å². The van der Waals surface area contributed by atoms with E-state index in [1.54, 1.807) is 12.1 Å². The van der Waals surface area contributed by atoms with Gasteiger partial charge in [0.15, 0.2) is 12.7 Å². The quantitative estimate of drug-likeness (QED) is 0.370. The van der Waals surface area contributed by atoms with Crippen molar-refractivity contribution >= 4 is 29.2 Å². The zero-order valence-corrected chi connectivity index (χ0v) is 20.1. The Balaban J connectivity index is 1.47. The molecule has 37 heavy (non-hydrogen) atoms. The van der Waals surface area contributed by atoms with E-state index < -0.39 is 42.2 Å². The second-order valence-corrected chi connectivity index (χ2v) is 8.03. The topological polar surface area (TPSA) is 93.7 Å². The first-order valence-corrected chi connectivity index (χ1v) is 11.4. The third kappa shape index (κ3) is 8.09. The molecule has 0 aliphatic rings. The maximum absolute atomic E-state index is 12.8. The Morgan fingerprint density at radius 1 is 0.892 bits per heavy atom. The molecular weight excluding hydrogens is 489 g/mol. The number of aryl methyl sites for hydroxylation is 1. The van der Waals surface area contributed by atoms with Crippen LogP contribution in [0.1, 0.15) is 35.3 Å². The van der Waals surface area contributed by atoms with Crippen molar-refractivity contribution in [1.82, 2.24) is 0 Å². The Labute approximate surface area is 211 Å². The number of alkyl halides is 3. The maximum atomic E-state index is 12.8. The molecule has 7 nitrogen and oxygen atoms in total. The second-order valence-electron chi connectivity index (χ2n) is 8.03. The van der Waals surface area contributed by atoms with Crippen LogP contribution in [0.2, 0.25) is 0 Å². The van der Waals surface area contributed by atoms with Crippen LogP contribution in [0, 0.1) is 0 Å². The van der Waals surface area contributed by atoms with Gasteiger partial charge in [0.25, 0.3) is 11.8 Å². The molecule has 0 saturated carbocycles. The molecule has 0 saturated heterocycles. The summed E-state index contributed by atoms with van der Waals surface area (Å²) in [5.74, 6) is -1.62. The highest BCUT2D eigenvalue weighted by Gasteiger charge is 2.30. The molecule has 0 spiro atoms. The van der Waals surface area contributed by atoms with Crippen LogP contribution in [0.3, 0.4) is 0 Å². The Bertz CT molecular complexity index is 1240. The summed E-state index contributed by atoms with van der Waals surface area (Å²) in [5.41, 5.74) is 0.974. The first kappa shape index (κ1) is 27.3. The lowest BCUT2D eigenvalue weighted by Crippen LogP contribution is -2.30. The SMILES string of the molecule is CCc1ccc(NC(=O)[C@@H](C)OC(=O)c2ccc(OCC(=O)Nc3cccc(C(F)(F)F)c3)cc2)cc1. The number of halogens is 3. The molecule has 1 atom stereocenters. The minimum absolute atomic E-state index is 0.0161. The molecule has 3 aromatic carbocycles. The number of carbonyl (C=O) groups is 3. The van der Waals surface area contributed by atoms with E-state index >= 15 is 0 Å². The van der Waals surface area contributed by atoms with Crippen LogP contribution in [0.4, 0.5) is 24.5 Å². The maximum Gasteiger partial charge on any atom is 0.416 e. The van der Waals surface area contributed by atoms with Crippen molar-refractivity contribution in [3.05, 3.63) is 89.5 Å². The average molecular weight is 515 g/mol. The third-order valence-electron chi connectivity index (χ3n) is 5.22. The van der Waals surface area contributed by atoms with Crippen LogP contribution in [0.5, 0.6) is 5.75 Å². The predicted octanol–water partition coefficient (Wildman–Crippen LogP) is 5.47. The summed E-state index contributed by atoms with van der Waals surface area (Å²) in [6, 6.07) is 17.2. The number of anilines is 2. The van der Waals surface area contributed by atoms with Crippen LogP contribution in [-0.4, -0.2) is 30.5 Å². The fraction of sp³-hybridized carbons (Fsp3) is 0.222. The number of esters is 1. The Morgan fingerprint density at radius 2 is 1.57 bits per heavy atom. The normalized spacial score (nSPS) is 11.8. The first-order valence-electron chi connectivity index (χ1n) is 11.4. The molecule has 0 heterocycles. The van der Waals surface area contributed by atoms with Crippen molar-refractivity contribution in [2.24, 2.45) is 0 Å². The van der Waals surface area contributed by atoms with E-state index in [0.29, 0.717) is 5.69 Å². The molecule has 2 amide bonds. The van der Waals surface area contributed by atoms with Crippen molar-refractivity contribution in [2.45, 2.75) is 32.5 Å². The van der Waals surface area contributed by atoms with E-state index in [4.69, 9.17) is 9.47 Å². The van der Waals surface area contributed by atoms with Gasteiger partial charge in [0.05, 0.1) is 11.1 Å². The number of carbonyl (C=O) groups excluding carboxylic acids is 3. The molecule has 10 heteroatoms. The van der Waals surface area contributed by atoms with Crippen LogP contribution < -0.4 is 15.4 Å². The van der Waals surface area contributed by atoms with Gasteiger partial charge in [0.1, 0.15) is 5.75 Å². The van der Waals surface area contributed by atoms with Crippen LogP contribution in [0.25, 0.3) is 0 Å². The molecule has 0 aliphatic heterocycles. The van der Waals surface area contributed by atoms with Crippen molar-refractivity contribution in [1.29, 1.82) is 0 Å². The first-order chi connectivity index (χ1) is 17.5. The summed E-state index contributed by atoms with van der Waals surface area (Å²) in [5, 5.41) is 5.02. The smallest absolute Gasteiger partial charge is 0.416 e. The summed E-state index contributed by atoms with van der Waals surface area (Å²) in [6.07, 6.45) is -4.70. The molecule has 3 rings (SSSR count). The zero-order valence-electron chi connectivity index (χ0n) is 20.1. The van der Waals surface area contributed by atoms with Gasteiger partial charge in [0, 0.05) is 11.4 Å². The van der Waals surface area contributed by atoms with Gasteiger partial charge in [-0.2, -0.15) is 13.2 Å². The number of hydrogen-bond donors (Lipinski definition) is 2. The monoisotopic (exact) mass is 514 g/mol. The van der Waals surface area contributed by atoms with E-state index in [1.807, 2.05) is 19.1 Å². The fourth-order valence-corrected chi connectivity index (χ4v) is 3.16. The molecule has 0 aromatic heterocycles. The lowest BCUT2D eigenvalue weighted by Gasteiger charge is -2.14. The van der Waals surface area contributed by atoms with Gasteiger partial charge >= 0.3 is 12.1 Å². The summed E-state index contributed by atoms with van der Waals surface area (Å²) in [7, 11) is 0. The Kier molecular flexibility index (Phi) is 8.89. The van der Waals surface area contributed by atoms with Gasteiger partial charge in [0.2, 0.25) is 0 Å². The summed E-state index contributed by atoms with van der Waals surface area (Å²) >= 11 is 0. The van der Waals surface area contributed by atoms with Crippen molar-refractivity contribution in [3.63, 3.8) is 0 Å². The van der Waals surface area contributed by atoms with Crippen molar-refractivity contribution in [3.8, 4) is 5.75 Å². The largest absolute Gasteiger partial charge is 0.484 e. The molecule has 2 N–H and O–H groups in total. The third-order valence-corrected chi connectivity index (χ3v) is 5.22. The molecule has 0 aliphatic carbocycles. The lowest BCUT2D eigenvalue weighted by atomic mass is 10.1. The summed E-state index contributed by atoms with van der Waals surface area (Å²) in [6.45, 7) is 3.01. The standard InChI is InChI=1S/C27H25F3N2O5/c1-3-18-7-11-21(12-8-18)32-25(34)17(2)37-26(35)19-9-13-23(14-10-19)36-16-24(33)31-22-6-4-5-20(15-22)27(28,29)30/h4-15,17H,3,16H2,1-2H3,(H,31,33)(H,32,34)/t17-/m1/s1. The van der Waals surface area contributed by atoms with Crippen LogP contribution in [-0.2, 0) is 26.9 Å². The highest BCUT2D eigenvalue weighted by molar-refractivity contribution is 5.97. The van der Waals surface area contributed by atoms with Crippen molar-refractivity contribution in [2.75, 3.05) is 17.2 Å². The van der Waals surface area contributed by atoms with Gasteiger partial charge in [-0.15, -0.1) is 0 Å². The van der Waals surface area contributed by atoms with Gasteiger partial charge in [-0.25, -0.2) is 4.79 Å². The van der Waals surface area contributed by atoms with Gasteiger partial charge in [-0.1, -0.05) is 25.1 Å². The average Bonchev–Trinajstić information content (AvgIpc) is 2.87. The summed E-state index contributed by atoms with van der Waals surface area (Å²) in [4.78, 5) is 36.8. The van der Waals surface area contributed by atoms with Crippen LogP contribution in [0.15, 0.2) is 72.8 Å². The Hall–Kier alpha value is -4.34. The summed E-state index contributed by atoms with van der Waals surface area (Å²) < 4.78 is 48.9. The van der Waals surface area contributed by atoms with Crippen molar-refractivity contribution < 1.29 is 37.0 Å². The van der Waals surface area contributed by atoms with E-state index in [1.165, 1.54) is 43.3 Å². The van der Waals surface area contributed by atoms with E-state index in [0.717, 1.165) is 24.1 Å². The number of rotatable bonds is 9. The molecular formula is C27H25F3N2O5.